The second kappa shape index (κ2) is 4.91. The zero-order valence-electron chi connectivity index (χ0n) is 9.08. The normalized spacial score (nSPS) is 10.2. The van der Waals surface area contributed by atoms with Crippen LogP contribution in [0.15, 0.2) is 42.5 Å². The number of nitrogens with one attached hydrogen (secondary N) is 1. The fraction of sp³-hybridized carbons (Fsp3) is 0. The molecule has 0 aromatic heterocycles. The number of anilines is 1. The summed E-state index contributed by atoms with van der Waals surface area (Å²) in [6, 6.07) is 8.15. The standard InChI is InChI=1S/C13H8F3NO/c14-8-3-1-4-9(7-8)17-13(18)12-10(15)5-2-6-11(12)16/h1-7H,(H,17,18). The molecule has 2 nitrogen and oxygen atoms in total. The van der Waals surface area contributed by atoms with E-state index in [0.717, 1.165) is 24.3 Å². The van der Waals surface area contributed by atoms with E-state index in [1.165, 1.54) is 18.2 Å². The quantitative estimate of drug-likeness (QED) is 0.871. The molecule has 1 amide bonds. The molecule has 0 fully saturated rings. The zero-order valence-corrected chi connectivity index (χ0v) is 9.08. The van der Waals surface area contributed by atoms with Crippen molar-refractivity contribution in [2.75, 3.05) is 5.32 Å². The molecule has 5 heteroatoms. The lowest BCUT2D eigenvalue weighted by Gasteiger charge is -2.06. The van der Waals surface area contributed by atoms with Gasteiger partial charge in [-0.1, -0.05) is 12.1 Å². The summed E-state index contributed by atoms with van der Waals surface area (Å²) in [5, 5.41) is 2.22. The topological polar surface area (TPSA) is 29.1 Å². The van der Waals surface area contributed by atoms with Crippen LogP contribution in [0.3, 0.4) is 0 Å². The van der Waals surface area contributed by atoms with Gasteiger partial charge in [-0.3, -0.25) is 4.79 Å². The lowest BCUT2D eigenvalue weighted by atomic mass is 10.2. The van der Waals surface area contributed by atoms with Crippen LogP contribution in [0.4, 0.5) is 18.9 Å². The van der Waals surface area contributed by atoms with Crippen LogP contribution < -0.4 is 5.32 Å². The summed E-state index contributed by atoms with van der Waals surface area (Å²) in [6.07, 6.45) is 0. The van der Waals surface area contributed by atoms with Crippen molar-refractivity contribution < 1.29 is 18.0 Å². The van der Waals surface area contributed by atoms with Crippen molar-refractivity contribution in [1.82, 2.24) is 0 Å². The van der Waals surface area contributed by atoms with Gasteiger partial charge in [0.05, 0.1) is 0 Å². The van der Waals surface area contributed by atoms with E-state index < -0.39 is 28.9 Å². The van der Waals surface area contributed by atoms with Gasteiger partial charge in [-0.15, -0.1) is 0 Å². The van der Waals surface area contributed by atoms with Crippen molar-refractivity contribution in [3.8, 4) is 0 Å². The molecular formula is C13H8F3NO. The van der Waals surface area contributed by atoms with Gasteiger partial charge in [0.2, 0.25) is 0 Å². The molecule has 0 bridgehead atoms. The van der Waals surface area contributed by atoms with E-state index in [9.17, 15) is 18.0 Å². The Morgan fingerprint density at radius 3 is 2.17 bits per heavy atom. The third kappa shape index (κ3) is 2.51. The first-order chi connectivity index (χ1) is 8.58. The second-order valence-electron chi connectivity index (χ2n) is 3.56. The van der Waals surface area contributed by atoms with Crippen molar-refractivity contribution in [1.29, 1.82) is 0 Å². The number of hydrogen-bond acceptors (Lipinski definition) is 1. The number of carbonyl (C=O) groups excluding carboxylic acids is 1. The van der Waals surface area contributed by atoms with Crippen LogP contribution >= 0.6 is 0 Å². The van der Waals surface area contributed by atoms with Crippen molar-refractivity contribution in [2.45, 2.75) is 0 Å². The molecule has 0 heterocycles. The first-order valence-electron chi connectivity index (χ1n) is 5.09. The van der Waals surface area contributed by atoms with E-state index in [4.69, 9.17) is 0 Å². The Balaban J connectivity index is 2.28. The highest BCUT2D eigenvalue weighted by atomic mass is 19.1. The van der Waals surface area contributed by atoms with Gasteiger partial charge in [0, 0.05) is 5.69 Å². The van der Waals surface area contributed by atoms with Crippen LogP contribution in [0.2, 0.25) is 0 Å². The minimum Gasteiger partial charge on any atom is -0.322 e. The Labute approximate surface area is 101 Å². The maximum absolute atomic E-state index is 13.3. The molecule has 0 saturated carbocycles. The SMILES string of the molecule is O=C(Nc1cccc(F)c1)c1c(F)cccc1F. The van der Waals surface area contributed by atoms with Gasteiger partial charge in [0.1, 0.15) is 23.0 Å². The average Bonchev–Trinajstić information content (AvgIpc) is 2.28. The summed E-state index contributed by atoms with van der Waals surface area (Å²) in [5.41, 5.74) is -0.565. The van der Waals surface area contributed by atoms with Crippen LogP contribution in [-0.2, 0) is 0 Å². The molecule has 2 rings (SSSR count). The number of carbonyl (C=O) groups is 1. The largest absolute Gasteiger partial charge is 0.322 e. The highest BCUT2D eigenvalue weighted by Gasteiger charge is 2.16. The molecule has 1 N–H and O–H groups in total. The zero-order chi connectivity index (χ0) is 13.1. The molecule has 2 aromatic rings. The van der Waals surface area contributed by atoms with Crippen molar-refractivity contribution >= 4 is 11.6 Å². The third-order valence-electron chi connectivity index (χ3n) is 2.27. The summed E-state index contributed by atoms with van der Waals surface area (Å²) >= 11 is 0. The maximum atomic E-state index is 13.3. The molecule has 18 heavy (non-hydrogen) atoms. The minimum atomic E-state index is -0.969. The Kier molecular flexibility index (Phi) is 3.32. The summed E-state index contributed by atoms with van der Waals surface area (Å²) < 4.78 is 39.5. The Morgan fingerprint density at radius 1 is 0.944 bits per heavy atom. The number of benzene rings is 2. The minimum absolute atomic E-state index is 0.127. The van der Waals surface area contributed by atoms with Gasteiger partial charge < -0.3 is 5.32 Å². The highest BCUT2D eigenvalue weighted by molar-refractivity contribution is 6.04. The molecule has 2 aromatic carbocycles. The van der Waals surface area contributed by atoms with Gasteiger partial charge in [-0.2, -0.15) is 0 Å². The summed E-state index contributed by atoms with van der Waals surface area (Å²) in [5.74, 6) is -3.45. The van der Waals surface area contributed by atoms with E-state index in [1.54, 1.807) is 0 Å². The van der Waals surface area contributed by atoms with Crippen LogP contribution in [0.1, 0.15) is 10.4 Å². The molecule has 0 atom stereocenters. The molecule has 0 radical (unpaired) electrons. The van der Waals surface area contributed by atoms with Crippen LogP contribution in [0.5, 0.6) is 0 Å². The maximum Gasteiger partial charge on any atom is 0.261 e. The second-order valence-corrected chi connectivity index (χ2v) is 3.56. The van der Waals surface area contributed by atoms with Crippen LogP contribution in [-0.4, -0.2) is 5.91 Å². The molecule has 0 spiro atoms. The van der Waals surface area contributed by atoms with Crippen molar-refractivity contribution in [3.63, 3.8) is 0 Å². The van der Waals surface area contributed by atoms with Crippen LogP contribution in [0, 0.1) is 17.5 Å². The first-order valence-corrected chi connectivity index (χ1v) is 5.09. The third-order valence-corrected chi connectivity index (χ3v) is 2.27. The lowest BCUT2D eigenvalue weighted by molar-refractivity contribution is 0.101. The Bertz CT molecular complexity index is 578. The van der Waals surface area contributed by atoms with Gasteiger partial charge in [0.25, 0.3) is 5.91 Å². The molecule has 0 aliphatic rings. The monoisotopic (exact) mass is 251 g/mol. The lowest BCUT2D eigenvalue weighted by Crippen LogP contribution is -2.15. The molecule has 92 valence electrons. The predicted octanol–water partition coefficient (Wildman–Crippen LogP) is 3.36. The summed E-state index contributed by atoms with van der Waals surface area (Å²) in [7, 11) is 0. The molecular weight excluding hydrogens is 243 g/mol. The van der Waals surface area contributed by atoms with Gasteiger partial charge >= 0.3 is 0 Å². The predicted molar refractivity (Wildman–Crippen MR) is 60.7 cm³/mol. The fourth-order valence-electron chi connectivity index (χ4n) is 1.47. The van der Waals surface area contributed by atoms with Crippen molar-refractivity contribution in [3.05, 3.63) is 65.5 Å². The summed E-state index contributed by atoms with van der Waals surface area (Å²) in [6.45, 7) is 0. The van der Waals surface area contributed by atoms with Crippen molar-refractivity contribution in [2.24, 2.45) is 0 Å². The number of amides is 1. The molecule has 0 aliphatic carbocycles. The smallest absolute Gasteiger partial charge is 0.261 e. The van der Waals surface area contributed by atoms with Gasteiger partial charge in [-0.05, 0) is 30.3 Å². The molecule has 0 aliphatic heterocycles. The number of hydrogen-bond donors (Lipinski definition) is 1. The van der Waals surface area contributed by atoms with Gasteiger partial charge in [0.15, 0.2) is 0 Å². The number of rotatable bonds is 2. The highest BCUT2D eigenvalue weighted by Crippen LogP contribution is 2.15. The van der Waals surface area contributed by atoms with E-state index in [0.29, 0.717) is 0 Å². The molecule has 0 saturated heterocycles. The van der Waals surface area contributed by atoms with E-state index >= 15 is 0 Å². The Morgan fingerprint density at radius 2 is 1.56 bits per heavy atom. The number of halogens is 3. The Hall–Kier alpha value is -2.30. The van der Waals surface area contributed by atoms with E-state index in [2.05, 4.69) is 5.32 Å². The summed E-state index contributed by atoms with van der Waals surface area (Å²) in [4.78, 5) is 11.7. The van der Waals surface area contributed by atoms with Crippen LogP contribution in [0.25, 0.3) is 0 Å². The van der Waals surface area contributed by atoms with E-state index in [1.807, 2.05) is 0 Å². The average molecular weight is 251 g/mol. The first kappa shape index (κ1) is 12.2. The van der Waals surface area contributed by atoms with Gasteiger partial charge in [-0.25, -0.2) is 13.2 Å². The van der Waals surface area contributed by atoms with E-state index in [-0.39, 0.29) is 5.69 Å². The molecule has 0 unspecified atom stereocenters. The fourth-order valence-corrected chi connectivity index (χ4v) is 1.47.